The van der Waals surface area contributed by atoms with E-state index in [9.17, 15) is 29.4 Å². The van der Waals surface area contributed by atoms with Crippen LogP contribution in [0, 0.1) is 0 Å². The number of aliphatic carboxylic acids is 1. The Hall–Kier alpha value is -3.58. The lowest BCUT2D eigenvalue weighted by Gasteiger charge is -2.24. The van der Waals surface area contributed by atoms with E-state index in [1.165, 1.54) is 24.7 Å². The maximum absolute atomic E-state index is 13.1. The van der Waals surface area contributed by atoms with E-state index in [-0.39, 0.29) is 30.3 Å². The minimum atomic E-state index is -1.27. The van der Waals surface area contributed by atoms with Crippen molar-refractivity contribution in [1.29, 1.82) is 0 Å². The van der Waals surface area contributed by atoms with Crippen molar-refractivity contribution in [2.75, 3.05) is 12.3 Å². The number of carboxylic acids is 1. The molecule has 2 heterocycles. The van der Waals surface area contributed by atoms with Gasteiger partial charge in [-0.3, -0.25) is 14.4 Å². The number of nitrogens with one attached hydrogen (secondary N) is 5. The highest BCUT2D eigenvalue weighted by molar-refractivity contribution is 7.80. The van der Waals surface area contributed by atoms with Crippen LogP contribution >= 0.6 is 12.6 Å². The molecule has 3 amide bonds. The Morgan fingerprint density at radius 3 is 2.31 bits per heavy atom. The zero-order valence-electron chi connectivity index (χ0n) is 19.4. The van der Waals surface area contributed by atoms with Crippen molar-refractivity contribution in [1.82, 2.24) is 31.2 Å². The number of rotatable bonds is 12. The number of H-pyrrole nitrogens is 1. The summed E-state index contributed by atoms with van der Waals surface area (Å²) >= 11 is 4.15. The summed E-state index contributed by atoms with van der Waals surface area (Å²) in [6.45, 7) is 0.715. The van der Waals surface area contributed by atoms with Crippen LogP contribution in [0.15, 0.2) is 36.8 Å². The number of carbonyl (C=O) groups excluding carboxylic acids is 3. The molecule has 13 heteroatoms. The number of thiol groups is 1. The highest BCUT2D eigenvalue weighted by atomic mass is 32.1. The van der Waals surface area contributed by atoms with Crippen LogP contribution in [0.25, 0.3) is 0 Å². The third kappa shape index (κ3) is 7.71. The number of nitrogens with zero attached hydrogens (tertiary/aromatic N) is 1. The van der Waals surface area contributed by atoms with E-state index in [1.54, 1.807) is 12.1 Å². The number of amides is 3. The summed E-state index contributed by atoms with van der Waals surface area (Å²) < 4.78 is 0. The molecule has 3 rings (SSSR count). The van der Waals surface area contributed by atoms with Gasteiger partial charge in [0.15, 0.2) is 0 Å². The van der Waals surface area contributed by atoms with Crippen LogP contribution in [0.1, 0.15) is 24.1 Å². The molecule has 4 unspecified atom stereocenters. The first-order valence-corrected chi connectivity index (χ1v) is 12.1. The van der Waals surface area contributed by atoms with Crippen molar-refractivity contribution in [3.05, 3.63) is 48.0 Å². The molecule has 1 aromatic carbocycles. The van der Waals surface area contributed by atoms with Gasteiger partial charge in [0, 0.05) is 30.5 Å². The van der Waals surface area contributed by atoms with Gasteiger partial charge in [0.25, 0.3) is 0 Å². The second-order valence-electron chi connectivity index (χ2n) is 8.50. The van der Waals surface area contributed by atoms with Gasteiger partial charge in [0.2, 0.25) is 17.7 Å². The summed E-state index contributed by atoms with van der Waals surface area (Å²) in [5.74, 6) is -2.98. The maximum Gasteiger partial charge on any atom is 0.326 e. The molecule has 0 aliphatic carbocycles. The number of hydrogen-bond donors (Lipinski definition) is 8. The lowest BCUT2D eigenvalue weighted by Crippen LogP contribution is -2.58. The van der Waals surface area contributed by atoms with Gasteiger partial charge >= 0.3 is 5.97 Å². The van der Waals surface area contributed by atoms with E-state index in [0.717, 1.165) is 6.42 Å². The zero-order valence-corrected chi connectivity index (χ0v) is 20.3. The van der Waals surface area contributed by atoms with Crippen molar-refractivity contribution in [2.24, 2.45) is 0 Å². The lowest BCUT2D eigenvalue weighted by atomic mass is 10.1. The average molecular weight is 519 g/mol. The summed E-state index contributed by atoms with van der Waals surface area (Å²) in [6, 6.07) is 2.13. The average Bonchev–Trinajstić information content (AvgIpc) is 3.57. The quantitative estimate of drug-likeness (QED) is 0.166. The van der Waals surface area contributed by atoms with Crippen molar-refractivity contribution < 1.29 is 29.4 Å². The second kappa shape index (κ2) is 12.9. The van der Waals surface area contributed by atoms with Crippen LogP contribution in [0.3, 0.4) is 0 Å². The molecule has 12 nitrogen and oxygen atoms in total. The number of carboxylic acid groups (broad SMARTS) is 1. The van der Waals surface area contributed by atoms with Gasteiger partial charge in [-0.1, -0.05) is 12.1 Å². The topological polar surface area (TPSA) is 186 Å². The predicted octanol–water partition coefficient (Wildman–Crippen LogP) is -0.879. The summed E-state index contributed by atoms with van der Waals surface area (Å²) in [5.41, 5.74) is 1.20. The molecule has 194 valence electrons. The molecule has 1 aliphatic heterocycles. The van der Waals surface area contributed by atoms with E-state index in [1.807, 2.05) is 0 Å². The van der Waals surface area contributed by atoms with Gasteiger partial charge in [0.1, 0.15) is 23.9 Å². The third-order valence-electron chi connectivity index (χ3n) is 5.79. The Bertz CT molecular complexity index is 1040. The zero-order chi connectivity index (χ0) is 26.1. The smallest absolute Gasteiger partial charge is 0.326 e. The highest BCUT2D eigenvalue weighted by Gasteiger charge is 2.31. The second-order valence-corrected chi connectivity index (χ2v) is 8.87. The fourth-order valence-corrected chi connectivity index (χ4v) is 4.07. The Kier molecular flexibility index (Phi) is 9.70. The standard InChI is InChI=1S/C23H30N6O6S/c30-15-5-3-13(4-6-15)8-18(23(34)35)28-22(33)19(11-36)29-21(32)17(9-14-10-24-12-26-14)27-20(31)16-2-1-7-25-16/h3-6,10,12,16-19,25,30,36H,1-2,7-9,11H2,(H,24,26)(H,27,31)(H,28,33)(H,29,32)(H,34,35). The summed E-state index contributed by atoms with van der Waals surface area (Å²) in [4.78, 5) is 57.1. The molecule has 1 fully saturated rings. The van der Waals surface area contributed by atoms with E-state index in [2.05, 4.69) is 43.9 Å². The van der Waals surface area contributed by atoms with Crippen molar-refractivity contribution in [2.45, 2.75) is 49.9 Å². The molecule has 1 saturated heterocycles. The molecule has 1 aromatic heterocycles. The number of phenols is 1. The van der Waals surface area contributed by atoms with Crippen LogP contribution in [-0.4, -0.2) is 80.3 Å². The number of carbonyl (C=O) groups is 4. The third-order valence-corrected chi connectivity index (χ3v) is 6.16. The number of hydrogen-bond acceptors (Lipinski definition) is 8. The Morgan fingerprint density at radius 2 is 1.72 bits per heavy atom. The molecule has 0 spiro atoms. The fourth-order valence-electron chi connectivity index (χ4n) is 3.81. The van der Waals surface area contributed by atoms with Crippen LogP contribution in [-0.2, 0) is 32.0 Å². The van der Waals surface area contributed by atoms with Gasteiger partial charge in [0.05, 0.1) is 12.4 Å². The number of aromatic hydroxyl groups is 1. The number of aromatic nitrogens is 2. The van der Waals surface area contributed by atoms with Gasteiger partial charge < -0.3 is 36.5 Å². The first-order chi connectivity index (χ1) is 17.3. The summed E-state index contributed by atoms with van der Waals surface area (Å²) in [7, 11) is 0. The normalized spacial score (nSPS) is 17.5. The van der Waals surface area contributed by atoms with Gasteiger partial charge in [-0.05, 0) is 37.1 Å². The molecule has 1 aliphatic rings. The van der Waals surface area contributed by atoms with E-state index >= 15 is 0 Å². The number of phenolic OH excluding ortho intramolecular Hbond substituents is 1. The first-order valence-electron chi connectivity index (χ1n) is 11.5. The Labute approximate surface area is 213 Å². The van der Waals surface area contributed by atoms with Gasteiger partial charge in [-0.25, -0.2) is 9.78 Å². The highest BCUT2D eigenvalue weighted by Crippen LogP contribution is 2.12. The first kappa shape index (κ1) is 27.0. The van der Waals surface area contributed by atoms with Crippen molar-refractivity contribution in [3.8, 4) is 5.75 Å². The van der Waals surface area contributed by atoms with E-state index in [0.29, 0.717) is 24.2 Å². The SMILES string of the molecule is O=C(O)C(Cc1ccc(O)cc1)NC(=O)C(CS)NC(=O)C(Cc1cnc[nH]1)NC(=O)C1CCCN1. The molecule has 0 saturated carbocycles. The molecule has 0 bridgehead atoms. The Morgan fingerprint density at radius 1 is 1.03 bits per heavy atom. The van der Waals surface area contributed by atoms with Gasteiger partial charge in [-0.15, -0.1) is 0 Å². The number of aromatic amines is 1. The fraction of sp³-hybridized carbons (Fsp3) is 0.435. The monoisotopic (exact) mass is 518 g/mol. The van der Waals surface area contributed by atoms with Crippen LogP contribution in [0.4, 0.5) is 0 Å². The molecule has 4 atom stereocenters. The van der Waals surface area contributed by atoms with Gasteiger partial charge in [-0.2, -0.15) is 12.6 Å². The van der Waals surface area contributed by atoms with E-state index < -0.39 is 42.0 Å². The van der Waals surface area contributed by atoms with Crippen LogP contribution in [0.2, 0.25) is 0 Å². The Balaban J connectivity index is 1.65. The number of imidazole rings is 1. The molecule has 7 N–H and O–H groups in total. The molecule has 2 aromatic rings. The molecule has 36 heavy (non-hydrogen) atoms. The predicted molar refractivity (Wildman–Crippen MR) is 132 cm³/mol. The van der Waals surface area contributed by atoms with Crippen molar-refractivity contribution >= 4 is 36.3 Å². The van der Waals surface area contributed by atoms with Crippen LogP contribution < -0.4 is 21.3 Å². The molecular formula is C23H30N6O6S. The lowest BCUT2D eigenvalue weighted by molar-refractivity contribution is -0.142. The number of benzene rings is 1. The summed E-state index contributed by atoms with van der Waals surface area (Å²) in [5, 5.41) is 29.8. The maximum atomic E-state index is 13.1. The minimum Gasteiger partial charge on any atom is -0.508 e. The van der Waals surface area contributed by atoms with Crippen LogP contribution in [0.5, 0.6) is 5.75 Å². The largest absolute Gasteiger partial charge is 0.508 e. The molecular weight excluding hydrogens is 488 g/mol. The molecule has 0 radical (unpaired) electrons. The van der Waals surface area contributed by atoms with Crippen molar-refractivity contribution in [3.63, 3.8) is 0 Å². The summed E-state index contributed by atoms with van der Waals surface area (Å²) in [6.07, 6.45) is 4.58. The minimum absolute atomic E-state index is 0.0263. The van der Waals surface area contributed by atoms with E-state index in [4.69, 9.17) is 0 Å².